The van der Waals surface area contributed by atoms with Crippen LogP contribution in [0, 0.1) is 20.8 Å². The van der Waals surface area contributed by atoms with Crippen LogP contribution >= 0.6 is 0 Å². The number of fused-ring (bicyclic) bond motifs is 1. The van der Waals surface area contributed by atoms with E-state index < -0.39 is 0 Å². The standard InChI is InChI=1S/C20H22N2O2/c1-12-6-5-7-13(2)20(12)22-19(23)11-16-14(3)21-18-9-8-15(24-4)10-17(16)18/h5-10,21H,11H2,1-4H3,(H,22,23). The molecule has 1 aromatic heterocycles. The molecule has 24 heavy (non-hydrogen) atoms. The van der Waals surface area contributed by atoms with Crippen LogP contribution in [-0.4, -0.2) is 18.0 Å². The number of rotatable bonds is 4. The van der Waals surface area contributed by atoms with Crippen LogP contribution < -0.4 is 10.1 Å². The minimum Gasteiger partial charge on any atom is -0.497 e. The van der Waals surface area contributed by atoms with Crippen molar-refractivity contribution >= 4 is 22.5 Å². The van der Waals surface area contributed by atoms with Gasteiger partial charge in [0.25, 0.3) is 0 Å². The van der Waals surface area contributed by atoms with Crippen LogP contribution in [0.15, 0.2) is 36.4 Å². The fourth-order valence-electron chi connectivity index (χ4n) is 3.07. The molecule has 4 heteroatoms. The van der Waals surface area contributed by atoms with Crippen molar-refractivity contribution in [1.29, 1.82) is 0 Å². The molecule has 2 N–H and O–H groups in total. The fourth-order valence-corrected chi connectivity index (χ4v) is 3.07. The van der Waals surface area contributed by atoms with Gasteiger partial charge in [0.2, 0.25) is 5.91 Å². The van der Waals surface area contributed by atoms with Gasteiger partial charge in [0.15, 0.2) is 0 Å². The number of benzene rings is 2. The Morgan fingerprint density at radius 1 is 1.12 bits per heavy atom. The van der Waals surface area contributed by atoms with Gasteiger partial charge in [-0.05, 0) is 55.7 Å². The second-order valence-corrected chi connectivity index (χ2v) is 6.13. The van der Waals surface area contributed by atoms with E-state index in [2.05, 4.69) is 10.3 Å². The lowest BCUT2D eigenvalue weighted by Gasteiger charge is -2.11. The molecule has 3 rings (SSSR count). The first-order valence-electron chi connectivity index (χ1n) is 8.01. The predicted octanol–water partition coefficient (Wildman–Crippen LogP) is 4.28. The van der Waals surface area contributed by atoms with Gasteiger partial charge in [-0.1, -0.05) is 18.2 Å². The van der Waals surface area contributed by atoms with Gasteiger partial charge >= 0.3 is 0 Å². The summed E-state index contributed by atoms with van der Waals surface area (Å²) in [6, 6.07) is 11.9. The first kappa shape index (κ1) is 16.1. The Labute approximate surface area is 141 Å². The Bertz CT molecular complexity index is 889. The zero-order valence-electron chi connectivity index (χ0n) is 14.5. The van der Waals surface area contributed by atoms with Crippen LogP contribution in [-0.2, 0) is 11.2 Å². The third-order valence-corrected chi connectivity index (χ3v) is 4.41. The maximum Gasteiger partial charge on any atom is 0.228 e. The van der Waals surface area contributed by atoms with Gasteiger partial charge in [-0.3, -0.25) is 4.79 Å². The van der Waals surface area contributed by atoms with Gasteiger partial charge in [0, 0.05) is 22.3 Å². The van der Waals surface area contributed by atoms with E-state index in [1.807, 2.05) is 57.2 Å². The lowest BCUT2D eigenvalue weighted by Crippen LogP contribution is -2.16. The Morgan fingerprint density at radius 3 is 2.50 bits per heavy atom. The van der Waals surface area contributed by atoms with Gasteiger partial charge < -0.3 is 15.0 Å². The third kappa shape index (κ3) is 3.00. The number of hydrogen-bond donors (Lipinski definition) is 2. The van der Waals surface area contributed by atoms with Crippen LogP contribution in [0.2, 0.25) is 0 Å². The highest BCUT2D eigenvalue weighted by atomic mass is 16.5. The Hall–Kier alpha value is -2.75. The van der Waals surface area contributed by atoms with E-state index in [4.69, 9.17) is 4.74 Å². The molecule has 0 atom stereocenters. The summed E-state index contributed by atoms with van der Waals surface area (Å²) in [5, 5.41) is 4.08. The summed E-state index contributed by atoms with van der Waals surface area (Å²) in [6.45, 7) is 6.00. The minimum atomic E-state index is -0.0146. The summed E-state index contributed by atoms with van der Waals surface area (Å²) in [6.07, 6.45) is 0.326. The van der Waals surface area contributed by atoms with Crippen molar-refractivity contribution < 1.29 is 9.53 Å². The molecule has 0 spiro atoms. The third-order valence-electron chi connectivity index (χ3n) is 4.41. The van der Waals surface area contributed by atoms with Crippen molar-refractivity contribution in [3.8, 4) is 5.75 Å². The van der Waals surface area contributed by atoms with Gasteiger partial charge in [0.05, 0.1) is 13.5 Å². The van der Waals surface area contributed by atoms with Crippen molar-refractivity contribution in [3.63, 3.8) is 0 Å². The number of ether oxygens (including phenoxy) is 1. The number of para-hydroxylation sites is 1. The summed E-state index contributed by atoms with van der Waals surface area (Å²) in [7, 11) is 1.65. The van der Waals surface area contributed by atoms with Gasteiger partial charge in [-0.2, -0.15) is 0 Å². The summed E-state index contributed by atoms with van der Waals surface area (Å²) in [5.74, 6) is 0.775. The Balaban J connectivity index is 1.89. The molecule has 0 bridgehead atoms. The fraction of sp³-hybridized carbons (Fsp3) is 0.250. The van der Waals surface area contributed by atoms with Crippen LogP contribution in [0.4, 0.5) is 5.69 Å². The molecule has 0 aliphatic heterocycles. The SMILES string of the molecule is COc1ccc2[nH]c(C)c(CC(=O)Nc3c(C)cccc3C)c2c1. The normalized spacial score (nSPS) is 10.8. The quantitative estimate of drug-likeness (QED) is 0.753. The van der Waals surface area contributed by atoms with E-state index >= 15 is 0 Å². The predicted molar refractivity (Wildman–Crippen MR) is 97.8 cm³/mol. The summed E-state index contributed by atoms with van der Waals surface area (Å²) < 4.78 is 5.30. The average Bonchev–Trinajstić information content (AvgIpc) is 2.86. The Morgan fingerprint density at radius 2 is 1.83 bits per heavy atom. The van der Waals surface area contributed by atoms with Gasteiger partial charge in [0.1, 0.15) is 5.75 Å². The Kier molecular flexibility index (Phi) is 4.30. The number of methoxy groups -OCH3 is 1. The molecule has 3 aromatic rings. The molecule has 2 aromatic carbocycles. The van der Waals surface area contributed by atoms with Crippen LogP contribution in [0.1, 0.15) is 22.4 Å². The molecule has 4 nitrogen and oxygen atoms in total. The average molecular weight is 322 g/mol. The molecule has 0 unspecified atom stereocenters. The van der Waals surface area contributed by atoms with Crippen LogP contribution in [0.5, 0.6) is 5.75 Å². The second-order valence-electron chi connectivity index (χ2n) is 6.13. The molecular weight excluding hydrogens is 300 g/mol. The first-order chi connectivity index (χ1) is 11.5. The highest BCUT2D eigenvalue weighted by Crippen LogP contribution is 2.27. The highest BCUT2D eigenvalue weighted by Gasteiger charge is 2.14. The molecule has 0 saturated carbocycles. The van der Waals surface area contributed by atoms with E-state index in [0.29, 0.717) is 6.42 Å². The zero-order chi connectivity index (χ0) is 17.3. The maximum absolute atomic E-state index is 12.6. The summed E-state index contributed by atoms with van der Waals surface area (Å²) in [4.78, 5) is 15.9. The summed E-state index contributed by atoms with van der Waals surface area (Å²) >= 11 is 0. The number of carbonyl (C=O) groups is 1. The number of aromatic amines is 1. The second kappa shape index (κ2) is 6.40. The van der Waals surface area contributed by atoms with E-state index in [0.717, 1.165) is 44.7 Å². The number of H-pyrrole nitrogens is 1. The van der Waals surface area contributed by atoms with E-state index in [-0.39, 0.29) is 5.91 Å². The number of nitrogens with one attached hydrogen (secondary N) is 2. The van der Waals surface area contributed by atoms with Crippen molar-refractivity contribution in [3.05, 3.63) is 58.8 Å². The van der Waals surface area contributed by atoms with E-state index in [1.54, 1.807) is 7.11 Å². The van der Waals surface area contributed by atoms with E-state index in [1.165, 1.54) is 0 Å². The molecule has 1 amide bonds. The minimum absolute atomic E-state index is 0.0146. The van der Waals surface area contributed by atoms with Crippen molar-refractivity contribution in [1.82, 2.24) is 4.98 Å². The molecule has 0 fully saturated rings. The van der Waals surface area contributed by atoms with Crippen molar-refractivity contribution in [2.24, 2.45) is 0 Å². The van der Waals surface area contributed by atoms with Gasteiger partial charge in [-0.25, -0.2) is 0 Å². The summed E-state index contributed by atoms with van der Waals surface area (Å²) in [5.41, 5.74) is 6.07. The number of hydrogen-bond acceptors (Lipinski definition) is 2. The van der Waals surface area contributed by atoms with Crippen molar-refractivity contribution in [2.75, 3.05) is 12.4 Å². The molecule has 0 aliphatic rings. The lowest BCUT2D eigenvalue weighted by atomic mass is 10.1. The largest absolute Gasteiger partial charge is 0.497 e. The molecule has 0 radical (unpaired) electrons. The molecule has 0 aliphatic carbocycles. The lowest BCUT2D eigenvalue weighted by molar-refractivity contribution is -0.115. The molecular formula is C20H22N2O2. The van der Waals surface area contributed by atoms with Gasteiger partial charge in [-0.15, -0.1) is 0 Å². The number of carbonyl (C=O) groups excluding carboxylic acids is 1. The molecule has 0 saturated heterocycles. The number of aryl methyl sites for hydroxylation is 3. The number of anilines is 1. The van der Waals surface area contributed by atoms with E-state index in [9.17, 15) is 4.79 Å². The smallest absolute Gasteiger partial charge is 0.228 e. The van der Waals surface area contributed by atoms with Crippen molar-refractivity contribution in [2.45, 2.75) is 27.2 Å². The number of aromatic nitrogens is 1. The molecule has 124 valence electrons. The first-order valence-corrected chi connectivity index (χ1v) is 8.01. The maximum atomic E-state index is 12.6. The topological polar surface area (TPSA) is 54.1 Å². The van der Waals surface area contributed by atoms with Crippen LogP contribution in [0.25, 0.3) is 10.9 Å². The van der Waals surface area contributed by atoms with Crippen LogP contribution in [0.3, 0.4) is 0 Å². The number of amides is 1. The highest BCUT2D eigenvalue weighted by molar-refractivity contribution is 5.97. The molecule has 1 heterocycles. The zero-order valence-corrected chi connectivity index (χ0v) is 14.5. The monoisotopic (exact) mass is 322 g/mol.